The van der Waals surface area contributed by atoms with E-state index in [0.29, 0.717) is 5.76 Å². The van der Waals surface area contributed by atoms with Crippen molar-refractivity contribution in [3.8, 4) is 0 Å². The van der Waals surface area contributed by atoms with Crippen molar-refractivity contribution in [1.82, 2.24) is 9.27 Å². The molecule has 3 rings (SSSR count). The van der Waals surface area contributed by atoms with Crippen LogP contribution in [-0.2, 0) is 4.74 Å². The highest BCUT2D eigenvalue weighted by Gasteiger charge is 2.20. The molecule has 31 heavy (non-hydrogen) atoms. The van der Waals surface area contributed by atoms with Crippen molar-refractivity contribution in [2.24, 2.45) is 0 Å². The van der Waals surface area contributed by atoms with Gasteiger partial charge in [-0.15, -0.1) is 0 Å². The highest BCUT2D eigenvalue weighted by Crippen LogP contribution is 2.29. The summed E-state index contributed by atoms with van der Waals surface area (Å²) in [6.07, 6.45) is 6.16. The van der Waals surface area contributed by atoms with Gasteiger partial charge in [0.05, 0.1) is 10.5 Å². The molecule has 0 saturated carbocycles. The van der Waals surface area contributed by atoms with Gasteiger partial charge in [-0.05, 0) is 87.8 Å². The number of nitrogens with zero attached hydrogens (tertiary/aromatic N) is 3. The first-order valence-electron chi connectivity index (χ1n) is 11.5. The molecule has 0 spiro atoms. The predicted octanol–water partition coefficient (Wildman–Crippen LogP) is 5.79. The van der Waals surface area contributed by atoms with Gasteiger partial charge >= 0.3 is 0 Å². The van der Waals surface area contributed by atoms with Crippen LogP contribution >= 0.6 is 11.5 Å². The summed E-state index contributed by atoms with van der Waals surface area (Å²) in [6.45, 7) is 12.9. The Kier molecular flexibility index (Phi) is 9.37. The molecule has 1 aliphatic rings. The van der Waals surface area contributed by atoms with Gasteiger partial charge in [0, 0.05) is 44.8 Å². The zero-order chi connectivity index (χ0) is 22.1. The van der Waals surface area contributed by atoms with Crippen molar-refractivity contribution >= 4 is 27.4 Å². The summed E-state index contributed by atoms with van der Waals surface area (Å²) in [5.74, 6) is 1.59. The average molecular weight is 444 g/mol. The Morgan fingerprint density at radius 1 is 1.10 bits per heavy atom. The molecule has 2 heterocycles. The van der Waals surface area contributed by atoms with Crippen LogP contribution in [0.15, 0.2) is 47.2 Å². The van der Waals surface area contributed by atoms with Gasteiger partial charge in [-0.1, -0.05) is 18.2 Å². The molecule has 1 aromatic carbocycles. The summed E-state index contributed by atoms with van der Waals surface area (Å²) < 4.78 is 11.8. The van der Waals surface area contributed by atoms with Crippen LogP contribution in [0.1, 0.15) is 46.5 Å². The molecule has 6 heteroatoms. The SMILES string of the molecule is C/C=C(C)\C(CCCOCCCCN1CCN(c2nsc3ccccc23)CC1)=C(\C)O. The number of benzene rings is 1. The molecule has 1 aromatic heterocycles. The lowest BCUT2D eigenvalue weighted by Crippen LogP contribution is -2.46. The molecule has 0 radical (unpaired) electrons. The minimum atomic E-state index is 0.429. The van der Waals surface area contributed by atoms with Gasteiger partial charge in [0.25, 0.3) is 0 Å². The second-order valence-electron chi connectivity index (χ2n) is 8.29. The maximum atomic E-state index is 9.81. The Labute approximate surface area is 191 Å². The summed E-state index contributed by atoms with van der Waals surface area (Å²) in [7, 11) is 0. The fourth-order valence-electron chi connectivity index (χ4n) is 4.11. The minimum absolute atomic E-state index is 0.429. The van der Waals surface area contributed by atoms with E-state index in [0.717, 1.165) is 82.2 Å². The van der Waals surface area contributed by atoms with E-state index in [-0.39, 0.29) is 0 Å². The first-order valence-corrected chi connectivity index (χ1v) is 12.3. The molecule has 1 N–H and O–H groups in total. The van der Waals surface area contributed by atoms with Gasteiger partial charge in [-0.3, -0.25) is 4.90 Å². The van der Waals surface area contributed by atoms with Gasteiger partial charge < -0.3 is 14.7 Å². The monoisotopic (exact) mass is 443 g/mol. The van der Waals surface area contributed by atoms with Crippen molar-refractivity contribution in [3.05, 3.63) is 47.2 Å². The molecule has 1 saturated heterocycles. The second-order valence-corrected chi connectivity index (χ2v) is 9.09. The summed E-state index contributed by atoms with van der Waals surface area (Å²) in [4.78, 5) is 5.00. The third kappa shape index (κ3) is 6.79. The number of anilines is 1. The fraction of sp³-hybridized carbons (Fsp3) is 0.560. The Bertz CT molecular complexity index is 878. The highest BCUT2D eigenvalue weighted by atomic mass is 32.1. The van der Waals surface area contributed by atoms with Crippen LogP contribution in [0.2, 0.25) is 0 Å². The topological polar surface area (TPSA) is 48.8 Å². The highest BCUT2D eigenvalue weighted by molar-refractivity contribution is 7.13. The Morgan fingerprint density at radius 2 is 1.84 bits per heavy atom. The third-order valence-electron chi connectivity index (χ3n) is 6.10. The van der Waals surface area contributed by atoms with E-state index in [2.05, 4.69) is 47.1 Å². The number of ether oxygens (including phenoxy) is 1. The summed E-state index contributed by atoms with van der Waals surface area (Å²) >= 11 is 1.60. The Hall–Kier alpha value is -1.89. The van der Waals surface area contributed by atoms with E-state index in [1.165, 1.54) is 16.5 Å². The van der Waals surface area contributed by atoms with Gasteiger partial charge in [0.15, 0.2) is 0 Å². The van der Waals surface area contributed by atoms with Crippen LogP contribution < -0.4 is 4.90 Å². The number of hydrogen-bond acceptors (Lipinski definition) is 6. The third-order valence-corrected chi connectivity index (χ3v) is 6.92. The van der Waals surface area contributed by atoms with Crippen LogP contribution in [0.4, 0.5) is 5.82 Å². The second kappa shape index (κ2) is 12.2. The maximum absolute atomic E-state index is 9.81. The summed E-state index contributed by atoms with van der Waals surface area (Å²) in [5, 5.41) is 11.1. The minimum Gasteiger partial charge on any atom is -0.512 e. The maximum Gasteiger partial charge on any atom is 0.150 e. The van der Waals surface area contributed by atoms with Gasteiger partial charge in [-0.2, -0.15) is 4.37 Å². The molecule has 5 nitrogen and oxygen atoms in total. The smallest absolute Gasteiger partial charge is 0.150 e. The molecule has 1 fully saturated rings. The number of fused-ring (bicyclic) bond motifs is 1. The van der Waals surface area contributed by atoms with Crippen molar-refractivity contribution in [2.45, 2.75) is 46.5 Å². The van der Waals surface area contributed by atoms with Crippen LogP contribution in [0.25, 0.3) is 10.1 Å². The lowest BCUT2D eigenvalue weighted by molar-refractivity contribution is 0.124. The number of hydrogen-bond donors (Lipinski definition) is 1. The number of unbranched alkanes of at least 4 members (excludes halogenated alkanes) is 1. The molecule has 170 valence electrons. The first kappa shape index (κ1) is 23.8. The molecule has 0 unspecified atom stereocenters. The van der Waals surface area contributed by atoms with E-state index in [4.69, 9.17) is 9.11 Å². The summed E-state index contributed by atoms with van der Waals surface area (Å²) in [5.41, 5.74) is 2.21. The predicted molar refractivity (Wildman–Crippen MR) is 132 cm³/mol. The van der Waals surface area contributed by atoms with E-state index in [1.54, 1.807) is 18.5 Å². The Balaban J connectivity index is 1.26. The number of piperazine rings is 1. The molecular weight excluding hydrogens is 406 g/mol. The lowest BCUT2D eigenvalue weighted by Gasteiger charge is -2.35. The number of aliphatic hydroxyl groups is 1. The molecule has 1 aliphatic heterocycles. The molecular formula is C25H37N3O2S. The molecule has 0 bridgehead atoms. The fourth-order valence-corrected chi connectivity index (χ4v) is 4.91. The van der Waals surface area contributed by atoms with E-state index >= 15 is 0 Å². The zero-order valence-corrected chi connectivity index (χ0v) is 20.1. The largest absolute Gasteiger partial charge is 0.512 e. The quantitative estimate of drug-likeness (QED) is 0.270. The van der Waals surface area contributed by atoms with Gasteiger partial charge in [-0.25, -0.2) is 0 Å². The summed E-state index contributed by atoms with van der Waals surface area (Å²) in [6, 6.07) is 8.53. The molecule has 0 aliphatic carbocycles. The van der Waals surface area contributed by atoms with Gasteiger partial charge in [0.1, 0.15) is 5.82 Å². The van der Waals surface area contributed by atoms with E-state index in [9.17, 15) is 5.11 Å². The lowest BCUT2D eigenvalue weighted by atomic mass is 10.0. The normalized spacial score (nSPS) is 16.7. The van der Waals surface area contributed by atoms with Gasteiger partial charge in [0.2, 0.25) is 0 Å². The van der Waals surface area contributed by atoms with Crippen LogP contribution in [-0.4, -0.2) is 60.3 Å². The van der Waals surface area contributed by atoms with E-state index in [1.807, 2.05) is 6.92 Å². The van der Waals surface area contributed by atoms with Crippen LogP contribution in [0.5, 0.6) is 0 Å². The average Bonchev–Trinajstić information content (AvgIpc) is 3.22. The molecule has 0 atom stereocenters. The number of rotatable bonds is 11. The Morgan fingerprint density at radius 3 is 2.58 bits per heavy atom. The van der Waals surface area contributed by atoms with Crippen LogP contribution in [0, 0.1) is 0 Å². The number of allylic oxidation sites excluding steroid dienone is 4. The van der Waals surface area contributed by atoms with Crippen molar-refractivity contribution in [2.75, 3.05) is 50.8 Å². The van der Waals surface area contributed by atoms with Crippen molar-refractivity contribution < 1.29 is 9.84 Å². The van der Waals surface area contributed by atoms with Crippen molar-refractivity contribution in [3.63, 3.8) is 0 Å². The first-order chi connectivity index (χ1) is 15.1. The zero-order valence-electron chi connectivity index (χ0n) is 19.3. The molecule has 2 aromatic rings. The van der Waals surface area contributed by atoms with Crippen molar-refractivity contribution in [1.29, 1.82) is 0 Å². The number of aliphatic hydroxyl groups excluding tert-OH is 1. The number of aromatic nitrogens is 1. The van der Waals surface area contributed by atoms with Crippen LogP contribution in [0.3, 0.4) is 0 Å². The standard InChI is InChI=1S/C25H37N3O2S/c1-4-20(2)22(21(3)29)11-9-19-30-18-8-7-13-27-14-16-28(17-15-27)25-23-10-5-6-12-24(23)31-26-25/h4-6,10,12,29H,7-9,11,13-19H2,1-3H3/b20-4-,22-21-. The van der Waals surface area contributed by atoms with E-state index < -0.39 is 0 Å². The molecule has 0 amide bonds.